The fourth-order valence-electron chi connectivity index (χ4n) is 2.45. The Morgan fingerprint density at radius 3 is 2.61 bits per heavy atom. The normalized spacial score (nSPS) is 10.7. The summed E-state index contributed by atoms with van der Waals surface area (Å²) in [4.78, 5) is 26.3. The number of carbonyl (C=O) groups is 2. The highest BCUT2D eigenvalue weighted by molar-refractivity contribution is 7.17. The van der Waals surface area contributed by atoms with Gasteiger partial charge in [-0.05, 0) is 40.6 Å². The molecule has 4 nitrogen and oxygen atoms in total. The summed E-state index contributed by atoms with van der Waals surface area (Å²) in [5.74, 6) is -0.0366. The van der Waals surface area contributed by atoms with Crippen LogP contribution in [0.1, 0.15) is 20.0 Å². The molecule has 5 heteroatoms. The molecule has 0 saturated carbocycles. The second kappa shape index (κ2) is 5.85. The number of phenolic OH excluding ortho intramolecular Hbond substituents is 1. The van der Waals surface area contributed by atoms with Gasteiger partial charge in [0.25, 0.3) is 5.91 Å². The van der Waals surface area contributed by atoms with Gasteiger partial charge in [-0.3, -0.25) is 9.59 Å². The van der Waals surface area contributed by atoms with Gasteiger partial charge in [-0.25, -0.2) is 0 Å². The van der Waals surface area contributed by atoms with E-state index in [1.54, 1.807) is 25.1 Å². The third kappa shape index (κ3) is 2.71. The van der Waals surface area contributed by atoms with E-state index in [2.05, 4.69) is 0 Å². The number of hydrogen-bond acceptors (Lipinski definition) is 4. The van der Waals surface area contributed by atoms with Crippen molar-refractivity contribution < 1.29 is 14.7 Å². The van der Waals surface area contributed by atoms with Crippen molar-refractivity contribution in [3.63, 3.8) is 0 Å². The van der Waals surface area contributed by atoms with Crippen LogP contribution in [-0.4, -0.2) is 36.3 Å². The van der Waals surface area contributed by atoms with Crippen molar-refractivity contribution in [2.24, 2.45) is 0 Å². The first-order valence-corrected chi connectivity index (χ1v) is 7.85. The van der Waals surface area contributed by atoms with Gasteiger partial charge in [0, 0.05) is 19.0 Å². The summed E-state index contributed by atoms with van der Waals surface area (Å²) < 4.78 is 0. The van der Waals surface area contributed by atoms with E-state index in [1.807, 2.05) is 30.3 Å². The quantitative estimate of drug-likeness (QED) is 0.745. The molecule has 0 bridgehead atoms. The Kier molecular flexibility index (Phi) is 3.88. The largest absolute Gasteiger partial charge is 0.507 e. The predicted molar refractivity (Wildman–Crippen MR) is 92.3 cm³/mol. The number of thiophene rings is 1. The van der Waals surface area contributed by atoms with E-state index in [4.69, 9.17) is 0 Å². The van der Waals surface area contributed by atoms with Gasteiger partial charge in [-0.15, -0.1) is 11.3 Å². The zero-order valence-corrected chi connectivity index (χ0v) is 13.6. The van der Waals surface area contributed by atoms with E-state index in [9.17, 15) is 14.7 Å². The molecule has 3 aromatic rings. The van der Waals surface area contributed by atoms with E-state index in [1.165, 1.54) is 17.4 Å². The minimum absolute atomic E-state index is 0.0183. The summed E-state index contributed by atoms with van der Waals surface area (Å²) in [5.41, 5.74) is 1.27. The van der Waals surface area contributed by atoms with Crippen LogP contribution in [-0.2, 0) is 0 Å². The molecule has 1 heterocycles. The van der Waals surface area contributed by atoms with E-state index >= 15 is 0 Å². The van der Waals surface area contributed by atoms with Crippen LogP contribution in [0.3, 0.4) is 0 Å². The number of nitrogens with zero attached hydrogens (tertiary/aromatic N) is 1. The maximum Gasteiger partial charge on any atom is 0.263 e. The summed E-state index contributed by atoms with van der Waals surface area (Å²) >= 11 is 1.43. The van der Waals surface area contributed by atoms with Crippen LogP contribution < -0.4 is 0 Å². The van der Waals surface area contributed by atoms with Crippen molar-refractivity contribution in [3.05, 3.63) is 52.9 Å². The van der Waals surface area contributed by atoms with Gasteiger partial charge in [-0.2, -0.15) is 0 Å². The first-order chi connectivity index (χ1) is 11.0. The van der Waals surface area contributed by atoms with E-state index < -0.39 is 0 Å². The maximum absolute atomic E-state index is 12.0. The van der Waals surface area contributed by atoms with E-state index in [-0.39, 0.29) is 11.7 Å². The lowest BCUT2D eigenvalue weighted by Gasteiger charge is -2.07. The summed E-state index contributed by atoms with van der Waals surface area (Å²) in [7, 11) is 3.45. The maximum atomic E-state index is 12.0. The molecule has 0 spiro atoms. The molecular weight excluding hydrogens is 310 g/mol. The van der Waals surface area contributed by atoms with Gasteiger partial charge >= 0.3 is 0 Å². The van der Waals surface area contributed by atoms with Gasteiger partial charge < -0.3 is 10.0 Å². The summed E-state index contributed by atoms with van der Waals surface area (Å²) in [6.45, 7) is 0. The average molecular weight is 325 g/mol. The molecule has 0 aliphatic heterocycles. The molecule has 0 aliphatic carbocycles. The van der Waals surface area contributed by atoms with Gasteiger partial charge in [0.2, 0.25) is 0 Å². The number of amides is 1. The minimum Gasteiger partial charge on any atom is -0.507 e. The molecule has 0 radical (unpaired) electrons. The first-order valence-electron chi connectivity index (χ1n) is 7.04. The van der Waals surface area contributed by atoms with Gasteiger partial charge in [0.1, 0.15) is 5.75 Å². The van der Waals surface area contributed by atoms with Crippen LogP contribution in [0.25, 0.3) is 21.2 Å². The van der Waals surface area contributed by atoms with Crippen molar-refractivity contribution in [1.29, 1.82) is 0 Å². The number of rotatable bonds is 3. The molecule has 116 valence electrons. The van der Waals surface area contributed by atoms with Crippen LogP contribution in [0.5, 0.6) is 5.75 Å². The molecule has 3 rings (SSSR count). The summed E-state index contributed by atoms with van der Waals surface area (Å²) in [6.07, 6.45) is 0.663. The van der Waals surface area contributed by atoms with E-state index in [0.717, 1.165) is 15.8 Å². The molecule has 1 amide bonds. The topological polar surface area (TPSA) is 57.6 Å². The second-order valence-electron chi connectivity index (χ2n) is 5.42. The van der Waals surface area contributed by atoms with E-state index in [0.29, 0.717) is 22.1 Å². The van der Waals surface area contributed by atoms with Crippen molar-refractivity contribution in [3.8, 4) is 16.2 Å². The first kappa shape index (κ1) is 15.2. The molecule has 23 heavy (non-hydrogen) atoms. The molecule has 2 aromatic carbocycles. The SMILES string of the molecule is CN(C)C(=O)c1ccc(-c2ccc3c(C=O)c(O)ccc3c2)s1. The van der Waals surface area contributed by atoms with Gasteiger partial charge in [0.05, 0.1) is 10.4 Å². The Morgan fingerprint density at radius 1 is 1.13 bits per heavy atom. The monoisotopic (exact) mass is 325 g/mol. The lowest BCUT2D eigenvalue weighted by molar-refractivity contribution is 0.0832. The zero-order chi connectivity index (χ0) is 16.6. The third-order valence-electron chi connectivity index (χ3n) is 3.66. The Balaban J connectivity index is 2.06. The van der Waals surface area contributed by atoms with Crippen molar-refractivity contribution >= 4 is 34.3 Å². The molecule has 0 saturated heterocycles. The van der Waals surface area contributed by atoms with Crippen molar-refractivity contribution in [1.82, 2.24) is 4.90 Å². The number of aromatic hydroxyl groups is 1. The number of phenols is 1. The highest BCUT2D eigenvalue weighted by Crippen LogP contribution is 2.33. The number of hydrogen-bond donors (Lipinski definition) is 1. The fraction of sp³-hybridized carbons (Fsp3) is 0.111. The van der Waals surface area contributed by atoms with Crippen LogP contribution in [0.2, 0.25) is 0 Å². The Morgan fingerprint density at radius 2 is 1.91 bits per heavy atom. The third-order valence-corrected chi connectivity index (χ3v) is 4.79. The number of aldehydes is 1. The molecular formula is C18H15NO3S. The van der Waals surface area contributed by atoms with Crippen LogP contribution >= 0.6 is 11.3 Å². The molecule has 0 unspecified atom stereocenters. The predicted octanol–water partition coefficient (Wildman–Crippen LogP) is 3.79. The summed E-state index contributed by atoms with van der Waals surface area (Å²) in [6, 6.07) is 12.7. The number of fused-ring (bicyclic) bond motifs is 1. The number of carbonyl (C=O) groups excluding carboxylic acids is 2. The smallest absolute Gasteiger partial charge is 0.263 e. The minimum atomic E-state index is -0.0183. The van der Waals surface area contributed by atoms with Crippen LogP contribution in [0.15, 0.2) is 42.5 Å². The Hall–Kier alpha value is -2.66. The van der Waals surface area contributed by atoms with Gasteiger partial charge in [0.15, 0.2) is 6.29 Å². The highest BCUT2D eigenvalue weighted by atomic mass is 32.1. The lowest BCUT2D eigenvalue weighted by atomic mass is 10.0. The summed E-state index contributed by atoms with van der Waals surface area (Å²) in [5, 5.41) is 11.3. The average Bonchev–Trinajstić information content (AvgIpc) is 3.03. The fourth-order valence-corrected chi connectivity index (χ4v) is 3.47. The molecule has 0 atom stereocenters. The Labute approximate surface area is 137 Å². The van der Waals surface area contributed by atoms with Crippen LogP contribution in [0.4, 0.5) is 0 Å². The number of benzene rings is 2. The standard InChI is InChI=1S/C18H15NO3S/c1-19(2)18(22)17-8-7-16(23-17)12-3-5-13-11(9-12)4-6-15(21)14(13)10-20/h3-10,21H,1-2H3. The van der Waals surface area contributed by atoms with Crippen molar-refractivity contribution in [2.45, 2.75) is 0 Å². The van der Waals surface area contributed by atoms with Crippen LogP contribution in [0, 0.1) is 0 Å². The van der Waals surface area contributed by atoms with Crippen molar-refractivity contribution in [2.75, 3.05) is 14.1 Å². The highest BCUT2D eigenvalue weighted by Gasteiger charge is 2.13. The molecule has 0 fully saturated rings. The molecule has 0 aliphatic rings. The molecule has 1 aromatic heterocycles. The van der Waals surface area contributed by atoms with Gasteiger partial charge in [-0.1, -0.05) is 18.2 Å². The Bertz CT molecular complexity index is 912. The second-order valence-corrected chi connectivity index (χ2v) is 6.50. The zero-order valence-electron chi connectivity index (χ0n) is 12.7. The lowest BCUT2D eigenvalue weighted by Crippen LogP contribution is -2.20. The molecule has 1 N–H and O–H groups in total.